The van der Waals surface area contributed by atoms with Gasteiger partial charge in [-0.3, -0.25) is 14.1 Å². The van der Waals surface area contributed by atoms with Gasteiger partial charge in [0.1, 0.15) is 12.1 Å². The van der Waals surface area contributed by atoms with E-state index in [4.69, 9.17) is 4.55 Å². The van der Waals surface area contributed by atoms with Crippen molar-refractivity contribution in [1.82, 2.24) is 24.1 Å². The Hall–Kier alpha value is -1.76. The monoisotopic (exact) mass is 519 g/mol. The number of carbonyl (C=O) groups excluding carboxylic acids is 4. The molecule has 0 aliphatic carbocycles. The first kappa shape index (κ1) is 26.5. The standard InChI is InChI=1S/C14H17N5O9S3.Na.H/c1-30(24,25)18-5-4-17(14(18)23)13(22)16-10(9-3-2-6-29-9)11(20)15-8-7-19(12(8)21)31(26,27)28;;/h2-3,6,8,10H,4-5,7H2,1H3,(H,15,20)(H,16,22)(H,26,27,28);;. The van der Waals surface area contributed by atoms with Crippen LogP contribution in [0.15, 0.2) is 17.5 Å². The maximum absolute atomic E-state index is 12.7. The summed E-state index contributed by atoms with van der Waals surface area (Å²) in [4.78, 5) is 50.3. The van der Waals surface area contributed by atoms with E-state index in [-0.39, 0.29) is 47.0 Å². The van der Waals surface area contributed by atoms with E-state index in [0.29, 0.717) is 14.1 Å². The van der Waals surface area contributed by atoms with Gasteiger partial charge in [0.05, 0.1) is 25.9 Å². The fraction of sp³-hybridized carbons (Fsp3) is 0.429. The molecule has 6 amide bonds. The van der Waals surface area contributed by atoms with Crippen molar-refractivity contribution in [3.05, 3.63) is 22.4 Å². The van der Waals surface area contributed by atoms with Crippen LogP contribution in [0.5, 0.6) is 0 Å². The van der Waals surface area contributed by atoms with E-state index in [0.717, 1.165) is 17.6 Å². The number of thiophene rings is 1. The SMILES string of the molecule is CS(=O)(=O)N1CCN(C(=O)NC(C(=O)NC2CN(S(=O)(=O)O)C2=O)c2cccs2)C1=O.[NaH]. The maximum atomic E-state index is 12.7. The normalized spacial score (nSPS) is 19.8. The van der Waals surface area contributed by atoms with Crippen molar-refractivity contribution in [2.45, 2.75) is 12.1 Å². The molecule has 2 aliphatic rings. The van der Waals surface area contributed by atoms with Crippen molar-refractivity contribution in [3.63, 3.8) is 0 Å². The fourth-order valence-electron chi connectivity index (χ4n) is 2.90. The Morgan fingerprint density at radius 1 is 1.19 bits per heavy atom. The quantitative estimate of drug-likeness (QED) is 0.210. The van der Waals surface area contributed by atoms with Gasteiger partial charge in [-0.15, -0.1) is 11.3 Å². The number of hydrogen-bond acceptors (Lipinski definition) is 9. The van der Waals surface area contributed by atoms with E-state index in [1.807, 2.05) is 0 Å². The number of amides is 6. The summed E-state index contributed by atoms with van der Waals surface area (Å²) in [7, 11) is -8.60. The second-order valence-electron chi connectivity index (χ2n) is 6.58. The predicted octanol–water partition coefficient (Wildman–Crippen LogP) is -2.32. The van der Waals surface area contributed by atoms with Crippen LogP contribution in [0.4, 0.5) is 9.59 Å². The van der Waals surface area contributed by atoms with E-state index in [1.165, 1.54) is 6.07 Å². The molecule has 0 aromatic carbocycles. The Balaban J connectivity index is 0.00000363. The third kappa shape index (κ3) is 5.41. The second kappa shape index (κ2) is 9.62. The molecule has 0 bridgehead atoms. The minimum absolute atomic E-state index is 0. The second-order valence-corrected chi connectivity index (χ2v) is 10.8. The number of sulfonamides is 1. The van der Waals surface area contributed by atoms with Crippen LogP contribution < -0.4 is 10.6 Å². The molecular weight excluding hydrogens is 501 g/mol. The van der Waals surface area contributed by atoms with Crippen molar-refractivity contribution in [2.24, 2.45) is 0 Å². The molecule has 3 N–H and O–H groups in total. The molecule has 2 unspecified atom stereocenters. The topological polar surface area (TPSA) is 191 Å². The van der Waals surface area contributed by atoms with Gasteiger partial charge >= 0.3 is 51.9 Å². The zero-order chi connectivity index (χ0) is 23.1. The van der Waals surface area contributed by atoms with Crippen LogP contribution in [0.3, 0.4) is 0 Å². The summed E-state index contributed by atoms with van der Waals surface area (Å²) >= 11 is 1.09. The summed E-state index contributed by atoms with van der Waals surface area (Å²) in [6.45, 7) is -0.938. The zero-order valence-corrected chi connectivity index (χ0v) is 18.2. The van der Waals surface area contributed by atoms with Crippen molar-refractivity contribution in [2.75, 3.05) is 25.9 Å². The number of hydrogen-bond donors (Lipinski definition) is 3. The number of rotatable bonds is 6. The Labute approximate surface area is 209 Å². The van der Waals surface area contributed by atoms with Crippen LogP contribution in [0.1, 0.15) is 10.9 Å². The molecule has 3 heterocycles. The number of imide groups is 1. The van der Waals surface area contributed by atoms with Crippen molar-refractivity contribution in [1.29, 1.82) is 0 Å². The Morgan fingerprint density at radius 2 is 1.84 bits per heavy atom. The summed E-state index contributed by atoms with van der Waals surface area (Å²) < 4.78 is 54.8. The molecule has 2 atom stereocenters. The van der Waals surface area contributed by atoms with E-state index in [9.17, 15) is 36.0 Å². The minimum atomic E-state index is -4.73. The molecule has 2 saturated heterocycles. The van der Waals surface area contributed by atoms with Gasteiger partial charge < -0.3 is 10.6 Å². The molecule has 3 rings (SSSR count). The number of carbonyl (C=O) groups is 4. The van der Waals surface area contributed by atoms with Crippen molar-refractivity contribution in [3.8, 4) is 0 Å². The van der Waals surface area contributed by atoms with Crippen LogP contribution in [-0.2, 0) is 29.9 Å². The molecular formula is C14H18N5NaO9S3. The Morgan fingerprint density at radius 3 is 2.31 bits per heavy atom. The van der Waals surface area contributed by atoms with Gasteiger partial charge in [0, 0.05) is 4.88 Å². The number of β-lactam (4-membered cyclic amide) rings is 1. The first-order chi connectivity index (χ1) is 14.3. The van der Waals surface area contributed by atoms with E-state index < -0.39 is 62.8 Å². The van der Waals surface area contributed by atoms with E-state index in [2.05, 4.69) is 10.6 Å². The summed E-state index contributed by atoms with van der Waals surface area (Å²) in [5.74, 6) is -1.92. The number of nitrogens with one attached hydrogen (secondary N) is 2. The van der Waals surface area contributed by atoms with E-state index >= 15 is 0 Å². The molecule has 1 aromatic heterocycles. The van der Waals surface area contributed by atoms with Crippen LogP contribution in [-0.4, -0.2) is 120 Å². The molecule has 0 radical (unpaired) electrons. The van der Waals surface area contributed by atoms with Crippen molar-refractivity contribution < 1.29 is 40.6 Å². The van der Waals surface area contributed by atoms with Gasteiger partial charge in [-0.05, 0) is 11.4 Å². The number of urea groups is 2. The fourth-order valence-corrected chi connectivity index (χ4v) is 5.16. The molecule has 0 saturated carbocycles. The molecule has 1 aromatic rings. The number of nitrogens with zero attached hydrogens (tertiary/aromatic N) is 3. The average Bonchev–Trinajstić information content (AvgIpc) is 3.30. The molecule has 14 nitrogen and oxygen atoms in total. The third-order valence-corrected chi connectivity index (χ3v) is 7.42. The van der Waals surface area contributed by atoms with Gasteiger partial charge in [-0.2, -0.15) is 8.42 Å². The molecule has 172 valence electrons. The zero-order valence-electron chi connectivity index (χ0n) is 15.8. The summed E-state index contributed by atoms with van der Waals surface area (Å²) in [6, 6.07) is -1.57. The van der Waals surface area contributed by atoms with Crippen LogP contribution in [0.25, 0.3) is 0 Å². The predicted molar refractivity (Wildman–Crippen MR) is 112 cm³/mol. The van der Waals surface area contributed by atoms with Gasteiger partial charge in [0.25, 0.3) is 5.91 Å². The van der Waals surface area contributed by atoms with Crippen LogP contribution >= 0.6 is 11.3 Å². The van der Waals surface area contributed by atoms with Crippen LogP contribution in [0, 0.1) is 0 Å². The van der Waals surface area contributed by atoms with Gasteiger partial charge in [-0.1, -0.05) is 6.07 Å². The molecule has 2 fully saturated rings. The van der Waals surface area contributed by atoms with Crippen LogP contribution in [0.2, 0.25) is 0 Å². The molecule has 32 heavy (non-hydrogen) atoms. The summed E-state index contributed by atoms with van der Waals surface area (Å²) in [6.07, 6.45) is 0.819. The van der Waals surface area contributed by atoms with Gasteiger partial charge in [0.2, 0.25) is 15.9 Å². The van der Waals surface area contributed by atoms with Gasteiger partial charge in [0.15, 0.2) is 0 Å². The van der Waals surface area contributed by atoms with Crippen molar-refractivity contribution >= 4 is 85.1 Å². The Kier molecular flexibility index (Phi) is 7.96. The van der Waals surface area contributed by atoms with Gasteiger partial charge in [-0.25, -0.2) is 31.5 Å². The first-order valence-electron chi connectivity index (χ1n) is 8.53. The average molecular weight is 520 g/mol. The Bertz CT molecular complexity index is 1140. The van der Waals surface area contributed by atoms with E-state index in [1.54, 1.807) is 11.4 Å². The summed E-state index contributed by atoms with van der Waals surface area (Å²) in [5.41, 5.74) is 0. The molecule has 18 heteroatoms. The molecule has 2 aliphatic heterocycles. The first-order valence-corrected chi connectivity index (χ1v) is 12.7. The molecule has 0 spiro atoms. The summed E-state index contributed by atoms with van der Waals surface area (Å²) in [5, 5.41) is 6.21. The third-order valence-electron chi connectivity index (χ3n) is 4.46.